The summed E-state index contributed by atoms with van der Waals surface area (Å²) in [5.74, 6) is 0.361. The molecule has 0 unspecified atom stereocenters. The van der Waals surface area contributed by atoms with Gasteiger partial charge in [0.05, 0.1) is 0 Å². The van der Waals surface area contributed by atoms with Crippen molar-refractivity contribution < 1.29 is 4.79 Å². The summed E-state index contributed by atoms with van der Waals surface area (Å²) in [6, 6.07) is 4.23. The van der Waals surface area contributed by atoms with E-state index in [1.54, 1.807) is 11.3 Å². The maximum Gasteiger partial charge on any atom is 0.138 e. The standard InChI is InChI=1S/C14H21NOS/c1-2-12-4-5-13(17-12)8-11(16)9-14(10-15)6-3-7-14/h4-5H,2-3,6-10,15H2,1H3. The van der Waals surface area contributed by atoms with Crippen LogP contribution >= 0.6 is 11.3 Å². The minimum Gasteiger partial charge on any atom is -0.330 e. The molecule has 0 spiro atoms. The molecule has 0 aromatic carbocycles. The Morgan fingerprint density at radius 1 is 1.41 bits per heavy atom. The zero-order valence-electron chi connectivity index (χ0n) is 10.5. The predicted molar refractivity (Wildman–Crippen MR) is 72.4 cm³/mol. The third-order valence-corrected chi connectivity index (χ3v) is 5.09. The van der Waals surface area contributed by atoms with Crippen molar-refractivity contribution in [1.29, 1.82) is 0 Å². The molecule has 0 aliphatic heterocycles. The molecule has 1 saturated carbocycles. The Balaban J connectivity index is 1.88. The molecule has 0 bridgehead atoms. The van der Waals surface area contributed by atoms with E-state index in [9.17, 15) is 4.79 Å². The molecule has 1 aliphatic rings. The van der Waals surface area contributed by atoms with Crippen LogP contribution in [-0.2, 0) is 17.6 Å². The summed E-state index contributed by atoms with van der Waals surface area (Å²) < 4.78 is 0. The van der Waals surface area contributed by atoms with Crippen molar-refractivity contribution in [2.75, 3.05) is 6.54 Å². The lowest BCUT2D eigenvalue weighted by molar-refractivity contribution is -0.121. The molecule has 3 heteroatoms. The van der Waals surface area contributed by atoms with Crippen LogP contribution in [0.15, 0.2) is 12.1 Å². The molecule has 1 fully saturated rings. The molecule has 0 radical (unpaired) electrons. The van der Waals surface area contributed by atoms with Gasteiger partial charge >= 0.3 is 0 Å². The highest BCUT2D eigenvalue weighted by atomic mass is 32.1. The lowest BCUT2D eigenvalue weighted by Crippen LogP contribution is -2.39. The van der Waals surface area contributed by atoms with Crippen LogP contribution in [-0.4, -0.2) is 12.3 Å². The summed E-state index contributed by atoms with van der Waals surface area (Å²) in [6.07, 6.45) is 5.87. The largest absolute Gasteiger partial charge is 0.330 e. The lowest BCUT2D eigenvalue weighted by Gasteiger charge is -2.40. The van der Waals surface area contributed by atoms with Gasteiger partial charge in [-0.2, -0.15) is 0 Å². The maximum atomic E-state index is 12.0. The van der Waals surface area contributed by atoms with Crippen molar-refractivity contribution in [3.8, 4) is 0 Å². The number of carbonyl (C=O) groups excluding carboxylic acids is 1. The van der Waals surface area contributed by atoms with Crippen molar-refractivity contribution in [2.24, 2.45) is 11.1 Å². The van der Waals surface area contributed by atoms with E-state index in [2.05, 4.69) is 19.1 Å². The van der Waals surface area contributed by atoms with Crippen LogP contribution in [0.4, 0.5) is 0 Å². The van der Waals surface area contributed by atoms with Crippen LogP contribution in [0, 0.1) is 5.41 Å². The average Bonchev–Trinajstić information content (AvgIpc) is 2.71. The minimum absolute atomic E-state index is 0.155. The average molecular weight is 251 g/mol. The van der Waals surface area contributed by atoms with Crippen LogP contribution in [0.1, 0.15) is 42.4 Å². The van der Waals surface area contributed by atoms with Crippen molar-refractivity contribution >= 4 is 17.1 Å². The van der Waals surface area contributed by atoms with Gasteiger partial charge in [0.1, 0.15) is 5.78 Å². The van der Waals surface area contributed by atoms with Crippen LogP contribution < -0.4 is 5.73 Å². The Morgan fingerprint density at radius 3 is 2.59 bits per heavy atom. The van der Waals surface area contributed by atoms with E-state index in [0.717, 1.165) is 19.3 Å². The number of thiophene rings is 1. The summed E-state index contributed by atoms with van der Waals surface area (Å²) in [6.45, 7) is 2.82. The normalized spacial score (nSPS) is 17.8. The summed E-state index contributed by atoms with van der Waals surface area (Å²) in [5, 5.41) is 0. The molecule has 1 aromatic rings. The van der Waals surface area contributed by atoms with Gasteiger partial charge in [-0.05, 0) is 43.4 Å². The SMILES string of the molecule is CCc1ccc(CC(=O)CC2(CN)CCC2)s1. The molecule has 94 valence electrons. The fourth-order valence-corrected chi connectivity index (χ4v) is 3.50. The molecule has 0 atom stereocenters. The van der Waals surface area contributed by atoms with E-state index in [-0.39, 0.29) is 5.41 Å². The first-order valence-corrected chi connectivity index (χ1v) is 7.28. The first-order chi connectivity index (χ1) is 8.17. The molecule has 1 heterocycles. The molecule has 1 aromatic heterocycles. The number of nitrogens with two attached hydrogens (primary N) is 1. The maximum absolute atomic E-state index is 12.0. The van der Waals surface area contributed by atoms with Gasteiger partial charge in [0, 0.05) is 22.6 Å². The Labute approximate surface area is 107 Å². The number of aryl methyl sites for hydroxylation is 1. The van der Waals surface area contributed by atoms with E-state index in [4.69, 9.17) is 5.73 Å². The predicted octanol–water partition coefficient (Wildman–Crippen LogP) is 2.94. The third kappa shape index (κ3) is 2.96. The second kappa shape index (κ2) is 5.32. The van der Waals surface area contributed by atoms with Crippen molar-refractivity contribution in [3.63, 3.8) is 0 Å². The number of Topliss-reactive ketones (excluding diaryl/α,β-unsaturated/α-hetero) is 1. The zero-order valence-corrected chi connectivity index (χ0v) is 11.3. The van der Waals surface area contributed by atoms with Gasteiger partial charge in [-0.25, -0.2) is 0 Å². The van der Waals surface area contributed by atoms with Crippen LogP contribution in [0.3, 0.4) is 0 Å². The monoisotopic (exact) mass is 251 g/mol. The van der Waals surface area contributed by atoms with Crippen molar-refractivity contribution in [2.45, 2.75) is 45.4 Å². The second-order valence-electron chi connectivity index (χ2n) is 5.17. The fourth-order valence-electron chi connectivity index (χ4n) is 2.51. The van der Waals surface area contributed by atoms with Gasteiger partial charge in [-0.1, -0.05) is 13.3 Å². The van der Waals surface area contributed by atoms with E-state index >= 15 is 0 Å². The fraction of sp³-hybridized carbons (Fsp3) is 0.643. The number of hydrogen-bond donors (Lipinski definition) is 1. The molecule has 2 rings (SSSR count). The Bertz CT molecular complexity index is 387. The smallest absolute Gasteiger partial charge is 0.138 e. The molecule has 1 aliphatic carbocycles. The van der Waals surface area contributed by atoms with Crippen molar-refractivity contribution in [1.82, 2.24) is 0 Å². The summed E-state index contributed by atoms with van der Waals surface area (Å²) in [7, 11) is 0. The minimum atomic E-state index is 0.155. The second-order valence-corrected chi connectivity index (χ2v) is 6.42. The molecule has 0 amide bonds. The number of carbonyl (C=O) groups is 1. The Kier molecular flexibility index (Phi) is 4.00. The van der Waals surface area contributed by atoms with Crippen molar-refractivity contribution in [3.05, 3.63) is 21.9 Å². The van der Waals surface area contributed by atoms with Gasteiger partial charge in [0.15, 0.2) is 0 Å². The Hall–Kier alpha value is -0.670. The molecular weight excluding hydrogens is 230 g/mol. The Morgan fingerprint density at radius 2 is 2.12 bits per heavy atom. The third-order valence-electron chi connectivity index (χ3n) is 3.86. The van der Waals surface area contributed by atoms with Gasteiger partial charge < -0.3 is 5.73 Å². The van der Waals surface area contributed by atoms with E-state index in [1.165, 1.54) is 16.2 Å². The lowest BCUT2D eigenvalue weighted by atomic mass is 9.66. The zero-order chi connectivity index (χ0) is 12.3. The van der Waals surface area contributed by atoms with Gasteiger partial charge in [0.25, 0.3) is 0 Å². The van der Waals surface area contributed by atoms with Crippen LogP contribution in [0.2, 0.25) is 0 Å². The van der Waals surface area contributed by atoms with Gasteiger partial charge in [0.2, 0.25) is 0 Å². The molecular formula is C14H21NOS. The molecule has 2 nitrogen and oxygen atoms in total. The van der Waals surface area contributed by atoms with E-state index < -0.39 is 0 Å². The number of ketones is 1. The number of rotatable bonds is 6. The van der Waals surface area contributed by atoms with Crippen LogP contribution in [0.5, 0.6) is 0 Å². The topological polar surface area (TPSA) is 43.1 Å². The van der Waals surface area contributed by atoms with Gasteiger partial charge in [-0.3, -0.25) is 4.79 Å². The molecule has 2 N–H and O–H groups in total. The van der Waals surface area contributed by atoms with Gasteiger partial charge in [-0.15, -0.1) is 11.3 Å². The highest BCUT2D eigenvalue weighted by Crippen LogP contribution is 2.43. The molecule has 17 heavy (non-hydrogen) atoms. The molecule has 0 saturated heterocycles. The first-order valence-electron chi connectivity index (χ1n) is 6.47. The number of hydrogen-bond acceptors (Lipinski definition) is 3. The summed E-state index contributed by atoms with van der Waals surface area (Å²) in [5.41, 5.74) is 5.94. The van der Waals surface area contributed by atoms with E-state index in [0.29, 0.717) is 25.2 Å². The highest BCUT2D eigenvalue weighted by molar-refractivity contribution is 7.12. The highest BCUT2D eigenvalue weighted by Gasteiger charge is 2.37. The summed E-state index contributed by atoms with van der Waals surface area (Å²) >= 11 is 1.77. The first kappa shape index (κ1) is 12.8. The quantitative estimate of drug-likeness (QED) is 0.844. The summed E-state index contributed by atoms with van der Waals surface area (Å²) in [4.78, 5) is 14.6. The van der Waals surface area contributed by atoms with E-state index in [1.807, 2.05) is 0 Å². The van der Waals surface area contributed by atoms with Crippen LogP contribution in [0.25, 0.3) is 0 Å².